The molecule has 3 rings (SSSR count). The van der Waals surface area contributed by atoms with Crippen molar-refractivity contribution >= 4 is 29.1 Å². The zero-order chi connectivity index (χ0) is 25.9. The summed E-state index contributed by atoms with van der Waals surface area (Å²) in [6, 6.07) is 22.8. The van der Waals surface area contributed by atoms with Crippen LogP contribution in [0.3, 0.4) is 0 Å². The third-order valence-corrected chi connectivity index (χ3v) is 5.49. The second kappa shape index (κ2) is 13.3. The molecular formula is C28H31N3O4S. The van der Waals surface area contributed by atoms with Gasteiger partial charge in [0.15, 0.2) is 11.7 Å². The summed E-state index contributed by atoms with van der Waals surface area (Å²) in [6.45, 7) is 6.38. The molecule has 0 saturated carbocycles. The molecule has 0 spiro atoms. The monoisotopic (exact) mass is 505 g/mol. The van der Waals surface area contributed by atoms with Gasteiger partial charge in [0.1, 0.15) is 11.5 Å². The third kappa shape index (κ3) is 8.39. The van der Waals surface area contributed by atoms with Crippen LogP contribution in [0, 0.1) is 6.92 Å². The number of aryl methyl sites for hydroxylation is 1. The number of amides is 2. The number of ether oxygens (including phenoxy) is 2. The number of benzene rings is 3. The van der Waals surface area contributed by atoms with E-state index >= 15 is 0 Å². The predicted octanol–water partition coefficient (Wildman–Crippen LogP) is 4.45. The molecule has 0 aliphatic carbocycles. The van der Waals surface area contributed by atoms with E-state index in [1.807, 2.05) is 55.5 Å². The topological polar surface area (TPSA) is 88.7 Å². The van der Waals surface area contributed by atoms with Gasteiger partial charge < -0.3 is 9.47 Å². The van der Waals surface area contributed by atoms with Crippen molar-refractivity contribution in [3.05, 3.63) is 95.1 Å². The van der Waals surface area contributed by atoms with E-state index in [4.69, 9.17) is 21.7 Å². The molecule has 0 bridgehead atoms. The molecule has 0 radical (unpaired) electrons. The van der Waals surface area contributed by atoms with Crippen molar-refractivity contribution in [3.63, 3.8) is 0 Å². The molecule has 188 valence electrons. The van der Waals surface area contributed by atoms with Gasteiger partial charge in [0, 0.05) is 12.0 Å². The Morgan fingerprint density at radius 2 is 1.69 bits per heavy atom. The molecule has 3 aromatic rings. The largest absolute Gasteiger partial charge is 0.493 e. The lowest BCUT2D eigenvalue weighted by atomic mass is 10.0. The minimum absolute atomic E-state index is 0.0397. The van der Waals surface area contributed by atoms with Crippen molar-refractivity contribution in [3.8, 4) is 11.5 Å². The van der Waals surface area contributed by atoms with E-state index in [2.05, 4.69) is 30.0 Å². The van der Waals surface area contributed by atoms with E-state index < -0.39 is 11.8 Å². The van der Waals surface area contributed by atoms with Crippen LogP contribution in [-0.2, 0) is 11.2 Å². The van der Waals surface area contributed by atoms with Crippen LogP contribution in [0.2, 0.25) is 0 Å². The molecule has 0 unspecified atom stereocenters. The van der Waals surface area contributed by atoms with Gasteiger partial charge in [-0.15, -0.1) is 0 Å². The fourth-order valence-corrected chi connectivity index (χ4v) is 3.56. The molecule has 3 aromatic carbocycles. The summed E-state index contributed by atoms with van der Waals surface area (Å²) < 4.78 is 11.5. The van der Waals surface area contributed by atoms with Crippen molar-refractivity contribution in [1.29, 1.82) is 0 Å². The molecule has 8 heteroatoms. The first-order chi connectivity index (χ1) is 17.3. The van der Waals surface area contributed by atoms with E-state index in [1.165, 1.54) is 5.56 Å². The molecule has 0 saturated heterocycles. The number of thiocarbonyl (C=S) groups is 1. The maximum atomic E-state index is 12.6. The molecule has 0 atom stereocenters. The quantitative estimate of drug-likeness (QED) is 0.294. The van der Waals surface area contributed by atoms with E-state index in [9.17, 15) is 9.59 Å². The molecule has 7 nitrogen and oxygen atoms in total. The predicted molar refractivity (Wildman–Crippen MR) is 144 cm³/mol. The van der Waals surface area contributed by atoms with Crippen molar-refractivity contribution in [1.82, 2.24) is 16.2 Å². The van der Waals surface area contributed by atoms with E-state index in [-0.39, 0.29) is 17.6 Å². The van der Waals surface area contributed by atoms with Gasteiger partial charge in [-0.05, 0) is 66.0 Å². The number of carbonyl (C=O) groups is 2. The Kier molecular flexibility index (Phi) is 9.82. The van der Waals surface area contributed by atoms with E-state index in [0.717, 1.165) is 17.5 Å². The van der Waals surface area contributed by atoms with Crippen LogP contribution in [-0.4, -0.2) is 30.1 Å². The van der Waals surface area contributed by atoms with Crippen molar-refractivity contribution in [2.75, 3.05) is 13.2 Å². The zero-order valence-electron chi connectivity index (χ0n) is 20.7. The fourth-order valence-electron chi connectivity index (χ4n) is 3.41. The van der Waals surface area contributed by atoms with Crippen LogP contribution >= 0.6 is 12.2 Å². The van der Waals surface area contributed by atoms with Crippen LogP contribution in [0.15, 0.2) is 72.8 Å². The van der Waals surface area contributed by atoms with Crippen LogP contribution in [0.1, 0.15) is 46.8 Å². The molecule has 0 aromatic heterocycles. The summed E-state index contributed by atoms with van der Waals surface area (Å²) >= 11 is 5.13. The number of hydrogen-bond acceptors (Lipinski definition) is 5. The molecule has 0 heterocycles. The lowest BCUT2D eigenvalue weighted by molar-refractivity contribution is -0.123. The lowest BCUT2D eigenvalue weighted by Crippen LogP contribution is -2.49. The van der Waals surface area contributed by atoms with Gasteiger partial charge in [0.05, 0.1) is 6.61 Å². The summed E-state index contributed by atoms with van der Waals surface area (Å²) in [7, 11) is 0. The highest BCUT2D eigenvalue weighted by molar-refractivity contribution is 7.80. The van der Waals surface area contributed by atoms with E-state index in [0.29, 0.717) is 23.7 Å². The Balaban J connectivity index is 1.43. The summed E-state index contributed by atoms with van der Waals surface area (Å²) in [5, 5.41) is 2.50. The normalized spacial score (nSPS) is 10.4. The molecule has 0 aliphatic heterocycles. The maximum absolute atomic E-state index is 12.6. The molecule has 2 amide bonds. The van der Waals surface area contributed by atoms with Gasteiger partial charge in [0.2, 0.25) is 0 Å². The third-order valence-electron chi connectivity index (χ3n) is 5.29. The first kappa shape index (κ1) is 26.7. The highest BCUT2D eigenvalue weighted by Crippen LogP contribution is 2.27. The van der Waals surface area contributed by atoms with Gasteiger partial charge in [-0.3, -0.25) is 25.8 Å². The van der Waals surface area contributed by atoms with Gasteiger partial charge >= 0.3 is 0 Å². The van der Waals surface area contributed by atoms with Crippen LogP contribution in [0.25, 0.3) is 0 Å². The summed E-state index contributed by atoms with van der Waals surface area (Å²) in [5.74, 6) is 0.656. The summed E-state index contributed by atoms with van der Waals surface area (Å²) in [6.07, 6.45) is 0.761. The summed E-state index contributed by atoms with van der Waals surface area (Å²) in [4.78, 5) is 24.8. The Morgan fingerprint density at radius 3 is 2.44 bits per heavy atom. The molecular weight excluding hydrogens is 474 g/mol. The smallest absolute Gasteiger partial charge is 0.276 e. The van der Waals surface area contributed by atoms with Gasteiger partial charge in [0.25, 0.3) is 11.8 Å². The Labute approximate surface area is 217 Å². The molecule has 0 fully saturated rings. The zero-order valence-corrected chi connectivity index (χ0v) is 21.5. The molecule has 36 heavy (non-hydrogen) atoms. The van der Waals surface area contributed by atoms with Crippen LogP contribution in [0.4, 0.5) is 0 Å². The number of carbonyl (C=O) groups excluding carboxylic acids is 2. The first-order valence-electron chi connectivity index (χ1n) is 11.7. The van der Waals surface area contributed by atoms with Gasteiger partial charge in [-0.2, -0.15) is 0 Å². The minimum Gasteiger partial charge on any atom is -0.493 e. The lowest BCUT2D eigenvalue weighted by Gasteiger charge is -2.15. The van der Waals surface area contributed by atoms with E-state index in [1.54, 1.807) is 24.3 Å². The van der Waals surface area contributed by atoms with Gasteiger partial charge in [-0.25, -0.2) is 0 Å². The fraction of sp³-hybridized carbons (Fsp3) is 0.250. The van der Waals surface area contributed by atoms with Gasteiger partial charge in [-0.1, -0.05) is 62.4 Å². The average molecular weight is 506 g/mol. The second-order valence-electron chi connectivity index (χ2n) is 8.55. The Hall–Kier alpha value is -3.91. The SMILES string of the molecule is Cc1ccc(C(C)C)c(OCC(=O)NNC(=S)NC(=O)c2cccc(OCCc3ccccc3)c2)c1. The molecule has 3 N–H and O–H groups in total. The van der Waals surface area contributed by atoms with Crippen molar-refractivity contribution in [2.24, 2.45) is 0 Å². The number of hydrogen-bond donors (Lipinski definition) is 3. The molecule has 0 aliphatic rings. The van der Waals surface area contributed by atoms with Crippen molar-refractivity contribution in [2.45, 2.75) is 33.1 Å². The maximum Gasteiger partial charge on any atom is 0.276 e. The Morgan fingerprint density at radius 1 is 0.917 bits per heavy atom. The van der Waals surface area contributed by atoms with Crippen LogP contribution in [0.5, 0.6) is 11.5 Å². The minimum atomic E-state index is -0.434. The number of nitrogens with one attached hydrogen (secondary N) is 3. The second-order valence-corrected chi connectivity index (χ2v) is 8.96. The first-order valence-corrected chi connectivity index (χ1v) is 12.1. The number of rotatable bonds is 9. The Bertz CT molecular complexity index is 1200. The van der Waals surface area contributed by atoms with Crippen LogP contribution < -0.4 is 25.6 Å². The van der Waals surface area contributed by atoms with Crippen molar-refractivity contribution < 1.29 is 19.1 Å². The number of hydrazine groups is 1. The standard InChI is InChI=1S/C28H31N3O4S/c1-19(2)24-13-12-20(3)16-25(24)35-18-26(32)30-31-28(36)29-27(33)22-10-7-11-23(17-22)34-15-14-21-8-5-4-6-9-21/h4-13,16-17,19H,14-15,18H2,1-3H3,(H,30,32)(H2,29,31,33,36). The average Bonchev–Trinajstić information content (AvgIpc) is 2.87. The highest BCUT2D eigenvalue weighted by atomic mass is 32.1. The summed E-state index contributed by atoms with van der Waals surface area (Å²) in [5.41, 5.74) is 8.58. The highest BCUT2D eigenvalue weighted by Gasteiger charge is 2.12.